The fourth-order valence-corrected chi connectivity index (χ4v) is 3.57. The molecular formula is C20H16ClNO2. The van der Waals surface area contributed by atoms with Gasteiger partial charge in [-0.15, -0.1) is 0 Å². The summed E-state index contributed by atoms with van der Waals surface area (Å²) >= 11 is 5.99. The number of rotatable bonds is 2. The van der Waals surface area contributed by atoms with Crippen molar-refractivity contribution in [1.29, 1.82) is 0 Å². The second-order valence-electron chi connectivity index (χ2n) is 5.98. The molecule has 120 valence electrons. The van der Waals surface area contributed by atoms with Crippen LogP contribution in [-0.4, -0.2) is 9.67 Å². The van der Waals surface area contributed by atoms with Crippen LogP contribution in [0.15, 0.2) is 59.4 Å². The molecule has 2 aromatic carbocycles. The number of aromatic nitrogens is 1. The van der Waals surface area contributed by atoms with Crippen LogP contribution in [0.5, 0.6) is 5.75 Å². The molecule has 0 spiro atoms. The van der Waals surface area contributed by atoms with Gasteiger partial charge in [0.25, 0.3) is 5.56 Å². The van der Waals surface area contributed by atoms with E-state index in [1.165, 1.54) is 0 Å². The number of aromatic hydroxyl groups is 1. The number of benzene rings is 2. The Morgan fingerprint density at radius 2 is 1.58 bits per heavy atom. The zero-order valence-electron chi connectivity index (χ0n) is 13.0. The number of pyridine rings is 1. The van der Waals surface area contributed by atoms with Gasteiger partial charge >= 0.3 is 0 Å². The van der Waals surface area contributed by atoms with Crippen LogP contribution in [0, 0.1) is 0 Å². The first-order chi connectivity index (χ1) is 11.7. The average Bonchev–Trinajstić information content (AvgIpc) is 3.07. The first-order valence-electron chi connectivity index (χ1n) is 7.97. The van der Waals surface area contributed by atoms with Crippen LogP contribution < -0.4 is 5.56 Å². The lowest BCUT2D eigenvalue weighted by Gasteiger charge is -2.16. The minimum absolute atomic E-state index is 0.0571. The Bertz CT molecular complexity index is 960. The van der Waals surface area contributed by atoms with Crippen molar-refractivity contribution in [2.24, 2.45) is 0 Å². The van der Waals surface area contributed by atoms with Crippen LogP contribution in [0.4, 0.5) is 0 Å². The van der Waals surface area contributed by atoms with Gasteiger partial charge in [-0.05, 0) is 36.1 Å². The lowest BCUT2D eigenvalue weighted by Crippen LogP contribution is -2.22. The van der Waals surface area contributed by atoms with Gasteiger partial charge in [-0.1, -0.05) is 54.1 Å². The van der Waals surface area contributed by atoms with E-state index in [9.17, 15) is 9.90 Å². The normalized spacial score (nSPS) is 13.0. The van der Waals surface area contributed by atoms with Crippen LogP contribution in [0.2, 0.25) is 5.02 Å². The number of nitrogens with zero attached hydrogens (tertiary/aromatic N) is 1. The van der Waals surface area contributed by atoms with Crippen molar-refractivity contribution in [3.63, 3.8) is 0 Å². The largest absolute Gasteiger partial charge is 0.506 e. The Morgan fingerprint density at radius 3 is 2.29 bits per heavy atom. The third-order valence-electron chi connectivity index (χ3n) is 4.54. The van der Waals surface area contributed by atoms with Gasteiger partial charge < -0.3 is 9.67 Å². The molecule has 3 nitrogen and oxygen atoms in total. The maximum atomic E-state index is 12.9. The van der Waals surface area contributed by atoms with Crippen molar-refractivity contribution in [2.45, 2.75) is 19.4 Å². The summed E-state index contributed by atoms with van der Waals surface area (Å²) < 4.78 is 1.80. The average molecular weight is 338 g/mol. The topological polar surface area (TPSA) is 42.2 Å². The summed E-state index contributed by atoms with van der Waals surface area (Å²) in [5.41, 5.74) is 3.49. The Balaban J connectivity index is 2.06. The van der Waals surface area contributed by atoms with E-state index in [1.54, 1.807) is 16.7 Å². The van der Waals surface area contributed by atoms with Gasteiger partial charge in [-0.25, -0.2) is 0 Å². The fourth-order valence-electron chi connectivity index (χ4n) is 3.44. The van der Waals surface area contributed by atoms with Crippen LogP contribution in [0.1, 0.15) is 12.1 Å². The summed E-state index contributed by atoms with van der Waals surface area (Å²) in [5.74, 6) is 0.0571. The Labute approximate surface area is 144 Å². The quantitative estimate of drug-likeness (QED) is 0.748. The lowest BCUT2D eigenvalue weighted by molar-refractivity contribution is 0.475. The maximum absolute atomic E-state index is 12.9. The fraction of sp³-hybridized carbons (Fsp3) is 0.150. The van der Waals surface area contributed by atoms with E-state index in [2.05, 4.69) is 0 Å². The second kappa shape index (κ2) is 5.84. The molecule has 0 saturated carbocycles. The predicted molar refractivity (Wildman–Crippen MR) is 96.6 cm³/mol. The molecule has 1 aromatic heterocycles. The number of halogens is 1. The Morgan fingerprint density at radius 1 is 0.917 bits per heavy atom. The highest BCUT2D eigenvalue weighted by molar-refractivity contribution is 6.30. The molecule has 4 rings (SSSR count). The Hall–Kier alpha value is -2.52. The molecule has 0 amide bonds. The van der Waals surface area contributed by atoms with Crippen molar-refractivity contribution in [3.8, 4) is 28.0 Å². The Kier molecular flexibility index (Phi) is 3.66. The number of hydrogen-bond donors (Lipinski definition) is 1. The molecule has 1 aliphatic heterocycles. The van der Waals surface area contributed by atoms with Gasteiger partial charge in [0, 0.05) is 22.8 Å². The van der Waals surface area contributed by atoms with Crippen molar-refractivity contribution in [3.05, 3.63) is 75.7 Å². The molecule has 4 heteroatoms. The molecule has 1 aliphatic rings. The van der Waals surface area contributed by atoms with Crippen LogP contribution in [-0.2, 0) is 13.0 Å². The molecule has 0 radical (unpaired) electrons. The maximum Gasteiger partial charge on any atom is 0.262 e. The van der Waals surface area contributed by atoms with Crippen LogP contribution >= 0.6 is 11.6 Å². The van der Waals surface area contributed by atoms with Crippen molar-refractivity contribution >= 4 is 11.6 Å². The third-order valence-corrected chi connectivity index (χ3v) is 4.79. The minimum atomic E-state index is -0.121. The van der Waals surface area contributed by atoms with Gasteiger partial charge in [-0.3, -0.25) is 4.79 Å². The molecule has 3 aromatic rings. The zero-order valence-corrected chi connectivity index (χ0v) is 13.8. The molecule has 2 heterocycles. The second-order valence-corrected chi connectivity index (χ2v) is 6.41. The van der Waals surface area contributed by atoms with E-state index in [0.717, 1.165) is 35.2 Å². The van der Waals surface area contributed by atoms with E-state index in [0.29, 0.717) is 17.1 Å². The molecule has 0 bridgehead atoms. The summed E-state index contributed by atoms with van der Waals surface area (Å²) in [6.07, 6.45) is 1.70. The van der Waals surface area contributed by atoms with Gasteiger partial charge in [-0.2, -0.15) is 0 Å². The first kappa shape index (κ1) is 15.0. The highest BCUT2D eigenvalue weighted by atomic mass is 35.5. The highest BCUT2D eigenvalue weighted by Gasteiger charge is 2.25. The minimum Gasteiger partial charge on any atom is -0.506 e. The molecule has 0 saturated heterocycles. The predicted octanol–water partition coefficient (Wildman–Crippen LogP) is 4.49. The third kappa shape index (κ3) is 2.33. The van der Waals surface area contributed by atoms with Gasteiger partial charge in [0.15, 0.2) is 0 Å². The standard InChI is InChI=1S/C20H16ClNO2/c21-15-10-8-14(9-11-15)17-16-7-4-12-22(16)20(24)18(19(17)23)13-5-2-1-3-6-13/h1-3,5-6,8-11,23H,4,7,12H2. The van der Waals surface area contributed by atoms with E-state index in [4.69, 9.17) is 11.6 Å². The molecular weight excluding hydrogens is 322 g/mol. The molecule has 24 heavy (non-hydrogen) atoms. The van der Waals surface area contributed by atoms with Crippen molar-refractivity contribution in [1.82, 2.24) is 4.57 Å². The van der Waals surface area contributed by atoms with Crippen molar-refractivity contribution < 1.29 is 5.11 Å². The smallest absolute Gasteiger partial charge is 0.262 e. The molecule has 1 N–H and O–H groups in total. The van der Waals surface area contributed by atoms with E-state index in [1.807, 2.05) is 42.5 Å². The van der Waals surface area contributed by atoms with Crippen LogP contribution in [0.3, 0.4) is 0 Å². The molecule has 0 unspecified atom stereocenters. The molecule has 0 atom stereocenters. The summed E-state index contributed by atoms with van der Waals surface area (Å²) in [6.45, 7) is 0.689. The van der Waals surface area contributed by atoms with Gasteiger partial charge in [0.1, 0.15) is 5.75 Å². The van der Waals surface area contributed by atoms with Crippen LogP contribution in [0.25, 0.3) is 22.3 Å². The van der Waals surface area contributed by atoms with Crippen molar-refractivity contribution in [2.75, 3.05) is 0 Å². The zero-order chi connectivity index (χ0) is 16.7. The summed E-state index contributed by atoms with van der Waals surface area (Å²) in [7, 11) is 0. The molecule has 0 aliphatic carbocycles. The number of hydrogen-bond acceptors (Lipinski definition) is 2. The highest BCUT2D eigenvalue weighted by Crippen LogP contribution is 2.40. The number of fused-ring (bicyclic) bond motifs is 1. The first-order valence-corrected chi connectivity index (χ1v) is 8.34. The SMILES string of the molecule is O=c1c(-c2ccccc2)c(O)c(-c2ccc(Cl)cc2)c2n1CCC2. The monoisotopic (exact) mass is 337 g/mol. The van der Waals surface area contributed by atoms with E-state index < -0.39 is 0 Å². The van der Waals surface area contributed by atoms with E-state index in [-0.39, 0.29) is 11.3 Å². The lowest BCUT2D eigenvalue weighted by atomic mass is 9.96. The summed E-state index contributed by atoms with van der Waals surface area (Å²) in [5, 5.41) is 11.6. The molecule has 0 fully saturated rings. The van der Waals surface area contributed by atoms with E-state index >= 15 is 0 Å². The van der Waals surface area contributed by atoms with Gasteiger partial charge in [0.05, 0.1) is 5.56 Å². The van der Waals surface area contributed by atoms with Gasteiger partial charge in [0.2, 0.25) is 0 Å². The summed E-state index contributed by atoms with van der Waals surface area (Å²) in [4.78, 5) is 12.9. The summed E-state index contributed by atoms with van der Waals surface area (Å²) in [6, 6.07) is 16.7.